The van der Waals surface area contributed by atoms with Gasteiger partial charge in [0.05, 0.1) is 26.3 Å². The Balaban J connectivity index is 1.76. The second-order valence-electron chi connectivity index (χ2n) is 7.81. The molecule has 2 aliphatic rings. The summed E-state index contributed by atoms with van der Waals surface area (Å²) in [5, 5.41) is 2.87. The molecule has 2 aromatic carbocycles. The third-order valence-corrected chi connectivity index (χ3v) is 6.16. The molecule has 2 atom stereocenters. The monoisotopic (exact) mass is 455 g/mol. The molecule has 1 aliphatic heterocycles. The highest BCUT2D eigenvalue weighted by Gasteiger charge is 2.59. The first-order chi connectivity index (χ1) is 15.3. The summed E-state index contributed by atoms with van der Waals surface area (Å²) in [6.07, 6.45) is 1.43. The van der Waals surface area contributed by atoms with Crippen molar-refractivity contribution in [3.63, 3.8) is 0 Å². The molecule has 0 saturated carbocycles. The van der Waals surface area contributed by atoms with Crippen LogP contribution in [0.4, 0.5) is 0 Å². The molecule has 0 radical (unpaired) electrons. The van der Waals surface area contributed by atoms with E-state index in [2.05, 4.69) is 5.32 Å². The van der Waals surface area contributed by atoms with Gasteiger partial charge in [-0.2, -0.15) is 0 Å². The van der Waals surface area contributed by atoms with Gasteiger partial charge in [0.1, 0.15) is 22.1 Å². The van der Waals surface area contributed by atoms with Crippen molar-refractivity contribution < 1.29 is 28.6 Å². The Morgan fingerprint density at radius 2 is 1.88 bits per heavy atom. The number of nitrogens with one attached hydrogen (secondary N) is 1. The number of hydrogen-bond donors (Lipinski definition) is 1. The van der Waals surface area contributed by atoms with Crippen LogP contribution in [0.25, 0.3) is 0 Å². The van der Waals surface area contributed by atoms with Crippen LogP contribution in [0.5, 0.6) is 17.2 Å². The number of Topliss-reactive ketones (excluding diaryl/α,β-unsaturated/α-hetero) is 1. The number of rotatable bonds is 5. The number of allylic oxidation sites excluding steroid dienone is 1. The van der Waals surface area contributed by atoms with Crippen molar-refractivity contribution >= 4 is 29.1 Å². The Hall–Kier alpha value is -3.32. The van der Waals surface area contributed by atoms with Gasteiger partial charge in [-0.15, -0.1) is 0 Å². The predicted octanol–water partition coefficient (Wildman–Crippen LogP) is 3.52. The van der Waals surface area contributed by atoms with E-state index in [0.29, 0.717) is 0 Å². The van der Waals surface area contributed by atoms with E-state index >= 15 is 0 Å². The fourth-order valence-corrected chi connectivity index (χ4v) is 4.51. The fourth-order valence-electron chi connectivity index (χ4n) is 4.25. The van der Waals surface area contributed by atoms with Crippen LogP contribution in [0.1, 0.15) is 29.3 Å². The summed E-state index contributed by atoms with van der Waals surface area (Å²) >= 11 is 6.46. The van der Waals surface area contributed by atoms with E-state index in [1.807, 2.05) is 30.3 Å². The average Bonchev–Trinajstić information content (AvgIpc) is 3.08. The van der Waals surface area contributed by atoms with E-state index in [4.69, 9.17) is 25.8 Å². The average molecular weight is 456 g/mol. The van der Waals surface area contributed by atoms with Gasteiger partial charge in [0, 0.05) is 24.5 Å². The molecule has 166 valence electrons. The lowest BCUT2D eigenvalue weighted by Crippen LogP contribution is -2.55. The SMILES string of the molecule is COc1cc(OC)c2c(c1Cl)O[C@]1(C2=O)C(NC(=O)Cc2ccccc2)=CC(=O)C[C@H]1C. The van der Waals surface area contributed by atoms with Gasteiger partial charge < -0.3 is 19.5 Å². The number of ketones is 2. The fraction of sp³-hybridized carbons (Fsp3) is 0.292. The molecule has 7 nitrogen and oxygen atoms in total. The van der Waals surface area contributed by atoms with E-state index in [9.17, 15) is 14.4 Å². The Labute approximate surface area is 190 Å². The molecule has 0 unspecified atom stereocenters. The number of amides is 1. The molecule has 2 aromatic rings. The molecule has 4 rings (SSSR count). The third-order valence-electron chi connectivity index (χ3n) is 5.81. The minimum absolute atomic E-state index is 0.0782. The van der Waals surface area contributed by atoms with Gasteiger partial charge in [0.15, 0.2) is 11.5 Å². The molecule has 0 aromatic heterocycles. The van der Waals surface area contributed by atoms with Crippen LogP contribution in [0.2, 0.25) is 5.02 Å². The zero-order valence-corrected chi connectivity index (χ0v) is 18.6. The van der Waals surface area contributed by atoms with Crippen LogP contribution < -0.4 is 19.5 Å². The molecule has 1 N–H and O–H groups in total. The van der Waals surface area contributed by atoms with Crippen molar-refractivity contribution in [3.8, 4) is 17.2 Å². The molecule has 1 aliphatic carbocycles. The van der Waals surface area contributed by atoms with E-state index in [0.717, 1.165) is 5.56 Å². The first-order valence-electron chi connectivity index (χ1n) is 10.1. The Morgan fingerprint density at radius 1 is 1.19 bits per heavy atom. The van der Waals surface area contributed by atoms with Crippen molar-refractivity contribution in [2.75, 3.05) is 14.2 Å². The first kappa shape index (κ1) is 21.9. The van der Waals surface area contributed by atoms with Crippen molar-refractivity contribution in [1.29, 1.82) is 0 Å². The van der Waals surface area contributed by atoms with Crippen LogP contribution in [0.3, 0.4) is 0 Å². The summed E-state index contributed by atoms with van der Waals surface area (Å²) in [6, 6.07) is 10.7. The summed E-state index contributed by atoms with van der Waals surface area (Å²) in [6.45, 7) is 1.73. The molecule has 0 bridgehead atoms. The Morgan fingerprint density at radius 3 is 2.53 bits per heavy atom. The Kier molecular flexibility index (Phi) is 5.69. The number of fused-ring (bicyclic) bond motifs is 1. The molecule has 1 heterocycles. The molecular formula is C24H22ClNO6. The maximum absolute atomic E-state index is 13.8. The third kappa shape index (κ3) is 3.42. The quantitative estimate of drug-likeness (QED) is 0.741. The molecular weight excluding hydrogens is 434 g/mol. The van der Waals surface area contributed by atoms with Crippen molar-refractivity contribution in [2.45, 2.75) is 25.4 Å². The minimum atomic E-state index is -1.61. The van der Waals surface area contributed by atoms with Gasteiger partial charge in [0.25, 0.3) is 0 Å². The molecule has 8 heteroatoms. The highest BCUT2D eigenvalue weighted by Crippen LogP contribution is 2.53. The standard InChI is InChI=1S/C24H22ClNO6/c1-13-9-15(27)11-18(26-19(28)10-14-7-5-4-6-8-14)24(13)23(29)20-16(30-2)12-17(31-3)21(25)22(20)32-24/h4-8,11-13H,9-10H2,1-3H3,(H,26,28)/t13-,24+/m1/s1. The lowest BCUT2D eigenvalue weighted by Gasteiger charge is -2.37. The van der Waals surface area contributed by atoms with Crippen LogP contribution in [0.15, 0.2) is 48.2 Å². The van der Waals surface area contributed by atoms with Gasteiger partial charge in [-0.05, 0) is 5.56 Å². The van der Waals surface area contributed by atoms with Crippen LogP contribution in [-0.4, -0.2) is 37.3 Å². The number of benzene rings is 2. The number of carbonyl (C=O) groups excluding carboxylic acids is 3. The number of ether oxygens (including phenoxy) is 3. The summed E-state index contributed by atoms with van der Waals surface area (Å²) in [5.74, 6) is -0.934. The largest absolute Gasteiger partial charge is 0.496 e. The van der Waals surface area contributed by atoms with Gasteiger partial charge in [0.2, 0.25) is 17.3 Å². The van der Waals surface area contributed by atoms with Crippen LogP contribution >= 0.6 is 11.6 Å². The predicted molar refractivity (Wildman–Crippen MR) is 117 cm³/mol. The first-order valence-corrected chi connectivity index (χ1v) is 10.5. The molecule has 0 saturated heterocycles. The Bertz CT molecular complexity index is 1140. The zero-order chi connectivity index (χ0) is 23.0. The molecule has 1 amide bonds. The van der Waals surface area contributed by atoms with Gasteiger partial charge in [-0.25, -0.2) is 0 Å². The van der Waals surface area contributed by atoms with E-state index < -0.39 is 17.3 Å². The number of methoxy groups -OCH3 is 2. The van der Waals surface area contributed by atoms with E-state index in [1.165, 1.54) is 26.4 Å². The molecule has 0 fully saturated rings. The number of hydrogen-bond acceptors (Lipinski definition) is 6. The summed E-state index contributed by atoms with van der Waals surface area (Å²) < 4.78 is 16.9. The van der Waals surface area contributed by atoms with Gasteiger partial charge in [-0.1, -0.05) is 48.9 Å². The molecule has 1 spiro atoms. The second kappa shape index (κ2) is 8.31. The topological polar surface area (TPSA) is 90.9 Å². The number of carbonyl (C=O) groups is 3. The van der Waals surface area contributed by atoms with Crippen LogP contribution in [0, 0.1) is 5.92 Å². The van der Waals surface area contributed by atoms with Gasteiger partial charge >= 0.3 is 0 Å². The summed E-state index contributed by atoms with van der Waals surface area (Å²) in [4.78, 5) is 38.9. The van der Waals surface area contributed by atoms with E-state index in [-0.39, 0.29) is 58.1 Å². The van der Waals surface area contributed by atoms with Crippen molar-refractivity contribution in [1.82, 2.24) is 5.32 Å². The lowest BCUT2D eigenvalue weighted by molar-refractivity contribution is -0.120. The smallest absolute Gasteiger partial charge is 0.228 e. The molecule has 32 heavy (non-hydrogen) atoms. The van der Waals surface area contributed by atoms with E-state index in [1.54, 1.807) is 6.92 Å². The second-order valence-corrected chi connectivity index (χ2v) is 8.18. The highest BCUT2D eigenvalue weighted by atomic mass is 35.5. The van der Waals surface area contributed by atoms with Crippen molar-refractivity contribution in [3.05, 3.63) is 64.3 Å². The van der Waals surface area contributed by atoms with Crippen LogP contribution in [-0.2, 0) is 16.0 Å². The maximum Gasteiger partial charge on any atom is 0.228 e. The minimum Gasteiger partial charge on any atom is -0.496 e. The van der Waals surface area contributed by atoms with Crippen molar-refractivity contribution in [2.24, 2.45) is 5.92 Å². The van der Waals surface area contributed by atoms with Gasteiger partial charge in [-0.3, -0.25) is 14.4 Å². The summed E-state index contributed by atoms with van der Waals surface area (Å²) in [5.41, 5.74) is -0.555. The lowest BCUT2D eigenvalue weighted by atomic mass is 9.74. The number of halogens is 1. The zero-order valence-electron chi connectivity index (χ0n) is 17.9. The normalized spacial score (nSPS) is 21.6. The highest BCUT2D eigenvalue weighted by molar-refractivity contribution is 6.35. The maximum atomic E-state index is 13.8. The summed E-state index contributed by atoms with van der Waals surface area (Å²) in [7, 11) is 2.87.